The Labute approximate surface area is 192 Å². The van der Waals surface area contributed by atoms with E-state index in [0.717, 1.165) is 61.7 Å². The number of azo groups is 1. The molecule has 0 radical (unpaired) electrons. The van der Waals surface area contributed by atoms with E-state index in [9.17, 15) is 0 Å². The van der Waals surface area contributed by atoms with E-state index in [1.807, 2.05) is 42.4 Å². The van der Waals surface area contributed by atoms with E-state index in [1.54, 1.807) is 6.20 Å². The molecule has 0 saturated carbocycles. The Morgan fingerprint density at radius 3 is 2.41 bits per heavy atom. The van der Waals surface area contributed by atoms with Crippen LogP contribution >= 0.6 is 0 Å². The smallest absolute Gasteiger partial charge is 0.149 e. The Balaban J connectivity index is 1.91. The Morgan fingerprint density at radius 2 is 1.72 bits per heavy atom. The molecular weight excluding hydrogens is 404 g/mol. The molecule has 0 unspecified atom stereocenters. The van der Waals surface area contributed by atoms with Crippen molar-refractivity contribution in [1.82, 2.24) is 4.90 Å². The van der Waals surface area contributed by atoms with Crippen LogP contribution in [0.1, 0.15) is 39.5 Å². The van der Waals surface area contributed by atoms with Gasteiger partial charge in [0.2, 0.25) is 0 Å². The molecule has 0 bridgehead atoms. The van der Waals surface area contributed by atoms with Gasteiger partial charge in [0.15, 0.2) is 0 Å². The number of rotatable bonds is 11. The first-order chi connectivity index (χ1) is 15.7. The Hall–Kier alpha value is -2.80. The van der Waals surface area contributed by atoms with Crippen molar-refractivity contribution in [1.29, 1.82) is 0 Å². The molecule has 2 aliphatic heterocycles. The van der Waals surface area contributed by atoms with Crippen molar-refractivity contribution in [3.05, 3.63) is 48.5 Å². The average Bonchev–Trinajstić information content (AvgIpc) is 2.82. The summed E-state index contributed by atoms with van der Waals surface area (Å²) in [5, 5.41) is 8.86. The first-order valence-corrected chi connectivity index (χ1v) is 11.7. The number of nitrogens with zero attached hydrogens (tertiary/aromatic N) is 4. The van der Waals surface area contributed by atoms with Crippen molar-refractivity contribution >= 4 is 11.4 Å². The van der Waals surface area contributed by atoms with Gasteiger partial charge in [0.05, 0.1) is 44.0 Å². The molecule has 0 aliphatic carbocycles. The molecule has 0 N–H and O–H groups in total. The van der Waals surface area contributed by atoms with Crippen LogP contribution in [0.3, 0.4) is 0 Å². The van der Waals surface area contributed by atoms with Crippen LogP contribution in [-0.2, 0) is 4.74 Å². The van der Waals surface area contributed by atoms with Gasteiger partial charge < -0.3 is 24.0 Å². The van der Waals surface area contributed by atoms with Crippen LogP contribution in [0.2, 0.25) is 0 Å². The fourth-order valence-corrected chi connectivity index (χ4v) is 3.37. The number of anilines is 1. The normalized spacial score (nSPS) is 17.5. The van der Waals surface area contributed by atoms with Crippen LogP contribution in [0.5, 0.6) is 11.5 Å². The number of morpholine rings is 1. The highest BCUT2D eigenvalue weighted by Crippen LogP contribution is 2.41. The number of hydrogen-bond acceptors (Lipinski definition) is 7. The first-order valence-electron chi connectivity index (χ1n) is 11.7. The average molecular weight is 441 g/mol. The van der Waals surface area contributed by atoms with E-state index < -0.39 is 0 Å². The highest BCUT2D eigenvalue weighted by Gasteiger charge is 2.20. The molecule has 2 aliphatic rings. The van der Waals surface area contributed by atoms with Crippen LogP contribution in [0.4, 0.5) is 11.4 Å². The summed E-state index contributed by atoms with van der Waals surface area (Å²) in [7, 11) is 1.98. The Morgan fingerprint density at radius 1 is 1.00 bits per heavy atom. The van der Waals surface area contributed by atoms with Crippen molar-refractivity contribution in [3.63, 3.8) is 0 Å². The molecule has 174 valence electrons. The maximum atomic E-state index is 6.18. The third-order valence-electron chi connectivity index (χ3n) is 5.35. The zero-order valence-corrected chi connectivity index (χ0v) is 19.6. The molecule has 1 fully saturated rings. The summed E-state index contributed by atoms with van der Waals surface area (Å²) in [5.41, 5.74) is 2.68. The zero-order chi connectivity index (χ0) is 22.6. The summed E-state index contributed by atoms with van der Waals surface area (Å²) in [6.07, 6.45) is 13.9. The van der Waals surface area contributed by atoms with E-state index >= 15 is 0 Å². The molecule has 0 spiro atoms. The van der Waals surface area contributed by atoms with E-state index in [2.05, 4.69) is 35.0 Å². The summed E-state index contributed by atoms with van der Waals surface area (Å²) in [6.45, 7) is 8.73. The van der Waals surface area contributed by atoms with Crippen LogP contribution in [0, 0.1) is 0 Å². The number of likely N-dealkylation sites (N-methyl/N-ethyl adjacent to an activating group) is 1. The van der Waals surface area contributed by atoms with E-state index in [-0.39, 0.29) is 0 Å². The molecular formula is C25H36N4O3. The third kappa shape index (κ3) is 6.85. The van der Waals surface area contributed by atoms with Gasteiger partial charge >= 0.3 is 0 Å². The van der Waals surface area contributed by atoms with Gasteiger partial charge in [0, 0.05) is 38.5 Å². The van der Waals surface area contributed by atoms with Gasteiger partial charge in [-0.25, -0.2) is 0 Å². The lowest BCUT2D eigenvalue weighted by Crippen LogP contribution is -2.36. The molecule has 32 heavy (non-hydrogen) atoms. The molecule has 0 atom stereocenters. The third-order valence-corrected chi connectivity index (χ3v) is 5.35. The minimum absolute atomic E-state index is 0.648. The number of hydrogen-bond donors (Lipinski definition) is 0. The van der Waals surface area contributed by atoms with Crippen molar-refractivity contribution < 1.29 is 14.2 Å². The lowest BCUT2D eigenvalue weighted by atomic mass is 10.2. The maximum absolute atomic E-state index is 6.18. The van der Waals surface area contributed by atoms with Gasteiger partial charge in [-0.3, -0.25) is 0 Å². The minimum atomic E-state index is 0.648. The minimum Gasteiger partial charge on any atom is -0.491 e. The van der Waals surface area contributed by atoms with Gasteiger partial charge in [-0.15, -0.1) is 5.11 Å². The largest absolute Gasteiger partial charge is 0.491 e. The first kappa shape index (κ1) is 23.9. The molecule has 1 aromatic carbocycles. The second-order valence-electron chi connectivity index (χ2n) is 7.87. The Bertz CT molecular complexity index is 842. The summed E-state index contributed by atoms with van der Waals surface area (Å²) >= 11 is 0. The number of allylic oxidation sites excluding steroid dienone is 3. The molecule has 7 heteroatoms. The molecule has 1 saturated heterocycles. The Kier molecular flexibility index (Phi) is 9.62. The molecule has 0 amide bonds. The van der Waals surface area contributed by atoms with E-state index in [1.165, 1.54) is 0 Å². The van der Waals surface area contributed by atoms with Crippen molar-refractivity contribution in [2.45, 2.75) is 39.5 Å². The summed E-state index contributed by atoms with van der Waals surface area (Å²) in [4.78, 5) is 4.30. The summed E-state index contributed by atoms with van der Waals surface area (Å²) in [6, 6.07) is 4.02. The quantitative estimate of drug-likeness (QED) is 0.320. The van der Waals surface area contributed by atoms with Crippen molar-refractivity contribution in [3.8, 4) is 11.5 Å². The van der Waals surface area contributed by atoms with E-state index in [4.69, 9.17) is 14.2 Å². The second-order valence-corrected chi connectivity index (χ2v) is 7.87. The molecule has 2 heterocycles. The van der Waals surface area contributed by atoms with Gasteiger partial charge in [-0.2, -0.15) is 5.11 Å². The van der Waals surface area contributed by atoms with Gasteiger partial charge in [-0.05, 0) is 25.0 Å². The second kappa shape index (κ2) is 12.9. The SMILES string of the molecule is CCCCOc1cc(N2CCOCC2)c(OCCCC)cc1N=N/C=C1\C=CC=CN1C. The monoisotopic (exact) mass is 440 g/mol. The number of ether oxygens (including phenoxy) is 3. The van der Waals surface area contributed by atoms with Crippen LogP contribution < -0.4 is 14.4 Å². The lowest BCUT2D eigenvalue weighted by Gasteiger charge is -2.31. The fourth-order valence-electron chi connectivity index (χ4n) is 3.37. The predicted octanol–water partition coefficient (Wildman–Crippen LogP) is 5.82. The highest BCUT2D eigenvalue weighted by molar-refractivity contribution is 5.70. The number of benzene rings is 1. The number of unbranched alkanes of at least 4 members (excludes halogenated alkanes) is 2. The summed E-state index contributed by atoms with van der Waals surface area (Å²) < 4.78 is 17.9. The van der Waals surface area contributed by atoms with Crippen LogP contribution in [-0.4, -0.2) is 51.5 Å². The zero-order valence-electron chi connectivity index (χ0n) is 19.6. The summed E-state index contributed by atoms with van der Waals surface area (Å²) in [5.74, 6) is 1.56. The van der Waals surface area contributed by atoms with E-state index in [0.29, 0.717) is 32.1 Å². The molecule has 7 nitrogen and oxygen atoms in total. The molecule has 1 aromatic rings. The van der Waals surface area contributed by atoms with Gasteiger partial charge in [0.1, 0.15) is 17.2 Å². The van der Waals surface area contributed by atoms with Gasteiger partial charge in [0.25, 0.3) is 0 Å². The predicted molar refractivity (Wildman–Crippen MR) is 129 cm³/mol. The van der Waals surface area contributed by atoms with Crippen LogP contribution in [0.15, 0.2) is 58.7 Å². The van der Waals surface area contributed by atoms with Crippen molar-refractivity contribution in [2.75, 3.05) is 51.5 Å². The van der Waals surface area contributed by atoms with Crippen LogP contribution in [0.25, 0.3) is 0 Å². The molecule has 3 rings (SSSR count). The lowest BCUT2D eigenvalue weighted by molar-refractivity contribution is 0.122. The fraction of sp³-hybridized carbons (Fsp3) is 0.520. The molecule has 0 aromatic heterocycles. The standard InChI is InChI=1S/C25H36N4O3/c1-4-6-14-31-24-19-23(29-12-16-30-17-13-29)25(32-15-7-5-2)18-22(24)27-26-20-21-10-8-9-11-28(21)3/h8-11,18-20H,4-7,12-17H2,1-3H3/b21-20+,27-26?. The van der Waals surface area contributed by atoms with Gasteiger partial charge in [-0.1, -0.05) is 32.8 Å². The highest BCUT2D eigenvalue weighted by atomic mass is 16.5. The maximum Gasteiger partial charge on any atom is 0.149 e. The topological polar surface area (TPSA) is 58.9 Å². The van der Waals surface area contributed by atoms with Crippen molar-refractivity contribution in [2.24, 2.45) is 10.2 Å².